The van der Waals surface area contributed by atoms with Gasteiger partial charge in [-0.1, -0.05) is 163 Å². The number of rotatable bonds is 43. The summed E-state index contributed by atoms with van der Waals surface area (Å²) in [4.78, 5) is 25.0. The molecule has 11 nitrogen and oxygen atoms in total. The van der Waals surface area contributed by atoms with Crippen molar-refractivity contribution in [1.82, 2.24) is 5.32 Å². The van der Waals surface area contributed by atoms with Crippen LogP contribution < -0.4 is 5.32 Å². The van der Waals surface area contributed by atoms with E-state index in [1.54, 1.807) is 6.08 Å². The van der Waals surface area contributed by atoms with Gasteiger partial charge in [0, 0.05) is 12.8 Å². The van der Waals surface area contributed by atoms with Crippen molar-refractivity contribution in [2.24, 2.45) is 0 Å². The van der Waals surface area contributed by atoms with Crippen molar-refractivity contribution in [1.29, 1.82) is 0 Å². The average Bonchev–Trinajstić information content (AvgIpc) is 3.32. The van der Waals surface area contributed by atoms with E-state index in [0.717, 1.165) is 89.9 Å². The van der Waals surface area contributed by atoms with Crippen molar-refractivity contribution in [2.45, 2.75) is 236 Å². The molecule has 0 aromatic heterocycles. The molecule has 0 spiro atoms. The van der Waals surface area contributed by atoms with Crippen molar-refractivity contribution < 1.29 is 49.3 Å². The first-order valence-electron chi connectivity index (χ1n) is 26.4. The summed E-state index contributed by atoms with van der Waals surface area (Å²) in [6.45, 7) is 4.09. The van der Waals surface area contributed by atoms with Crippen LogP contribution in [0.1, 0.15) is 194 Å². The largest absolute Gasteiger partial charge is 0.466 e. The number of nitrogens with one attached hydrogen (secondary N) is 1. The van der Waals surface area contributed by atoms with Gasteiger partial charge >= 0.3 is 5.97 Å². The SMILES string of the molecule is CCC/C=C\C/C=C\CCCCCCCC(=O)OCCCCCCCC/C=C\C/C=C\CCC(=O)NC(COC1OC(CO)C(O)C(O)C1O)C(O)/C=C/CC/C=C/CC/C=C/CCCCC. The van der Waals surface area contributed by atoms with E-state index < -0.39 is 49.5 Å². The highest BCUT2D eigenvalue weighted by atomic mass is 16.7. The molecule has 1 rings (SSSR count). The molecule has 1 saturated heterocycles. The van der Waals surface area contributed by atoms with Gasteiger partial charge in [-0.25, -0.2) is 0 Å². The highest BCUT2D eigenvalue weighted by Gasteiger charge is 2.44. The maximum Gasteiger partial charge on any atom is 0.305 e. The first kappa shape index (κ1) is 61.9. The lowest BCUT2D eigenvalue weighted by atomic mass is 9.99. The van der Waals surface area contributed by atoms with E-state index in [0.29, 0.717) is 25.9 Å². The van der Waals surface area contributed by atoms with Crippen LogP contribution in [0.5, 0.6) is 0 Å². The fourth-order valence-electron chi connectivity index (χ4n) is 7.43. The predicted octanol–water partition coefficient (Wildman–Crippen LogP) is 11.0. The zero-order valence-corrected chi connectivity index (χ0v) is 41.8. The number of carbonyl (C=O) groups excluding carboxylic acids is 2. The number of carbonyl (C=O) groups is 2. The summed E-state index contributed by atoms with van der Waals surface area (Å²) < 4.78 is 16.6. The smallest absolute Gasteiger partial charge is 0.305 e. The van der Waals surface area contributed by atoms with Crippen LogP contribution in [0, 0.1) is 0 Å². The standard InChI is InChI=1S/C56H95NO10/c1-3-5-7-9-11-13-15-18-22-26-30-34-38-42-49(59)48(47-66-56-55(64)54(63)53(62)50(46-58)67-56)57-51(60)43-39-35-31-27-23-20-17-21-25-29-33-37-41-45-65-52(61)44-40-36-32-28-24-19-16-14-12-10-8-6-4-2/h8,10-11,13-14,16,20,22-23,26,31,35,38,42,48-50,53-56,58-59,62-64H,3-7,9,12,15,17-19,21,24-25,27-30,32-34,36-37,39-41,43-47H2,1-2H3,(H,57,60)/b10-8-,13-11+,16-14-,23-20-,26-22+,35-31-,42-38+. The molecule has 1 aliphatic heterocycles. The minimum atomic E-state index is -1.60. The molecule has 1 fully saturated rings. The van der Waals surface area contributed by atoms with E-state index >= 15 is 0 Å². The quantitative estimate of drug-likeness (QED) is 0.0196. The monoisotopic (exact) mass is 942 g/mol. The number of esters is 1. The first-order valence-corrected chi connectivity index (χ1v) is 26.4. The van der Waals surface area contributed by atoms with Gasteiger partial charge in [0.15, 0.2) is 6.29 Å². The number of hydrogen-bond acceptors (Lipinski definition) is 10. The molecule has 0 aliphatic carbocycles. The van der Waals surface area contributed by atoms with Gasteiger partial charge in [0.2, 0.25) is 5.91 Å². The summed E-state index contributed by atoms with van der Waals surface area (Å²) in [5.41, 5.74) is 0. The summed E-state index contributed by atoms with van der Waals surface area (Å²) >= 11 is 0. The number of aliphatic hydroxyl groups is 5. The van der Waals surface area contributed by atoms with Crippen LogP contribution >= 0.6 is 0 Å². The van der Waals surface area contributed by atoms with Crippen LogP contribution in [-0.4, -0.2) is 100 Å². The molecular weight excluding hydrogens is 847 g/mol. The molecule has 0 aromatic carbocycles. The summed E-state index contributed by atoms with van der Waals surface area (Å²) in [6, 6.07) is -0.881. The fraction of sp³-hybridized carbons (Fsp3) is 0.714. The van der Waals surface area contributed by atoms with E-state index in [4.69, 9.17) is 14.2 Å². The highest BCUT2D eigenvalue weighted by Crippen LogP contribution is 2.22. The number of ether oxygens (including phenoxy) is 3. The molecule has 6 N–H and O–H groups in total. The third-order valence-corrected chi connectivity index (χ3v) is 11.7. The molecule has 0 radical (unpaired) electrons. The van der Waals surface area contributed by atoms with E-state index in [1.165, 1.54) is 64.2 Å². The molecule has 1 heterocycles. The van der Waals surface area contributed by atoms with Gasteiger partial charge in [0.25, 0.3) is 0 Å². The Morgan fingerprint density at radius 2 is 1.06 bits per heavy atom. The van der Waals surface area contributed by atoms with Crippen molar-refractivity contribution in [3.05, 3.63) is 85.1 Å². The second kappa shape index (κ2) is 45.3. The predicted molar refractivity (Wildman–Crippen MR) is 273 cm³/mol. The van der Waals surface area contributed by atoms with Gasteiger partial charge in [-0.2, -0.15) is 0 Å². The van der Waals surface area contributed by atoms with Crippen LogP contribution in [0.25, 0.3) is 0 Å². The number of hydrogen-bond donors (Lipinski definition) is 6. The van der Waals surface area contributed by atoms with E-state index in [9.17, 15) is 35.1 Å². The topological polar surface area (TPSA) is 175 Å². The third kappa shape index (κ3) is 35.6. The van der Waals surface area contributed by atoms with Gasteiger partial charge in [0.1, 0.15) is 24.4 Å². The van der Waals surface area contributed by atoms with Crippen LogP contribution in [0.15, 0.2) is 85.1 Å². The Balaban J connectivity index is 2.26. The van der Waals surface area contributed by atoms with Crippen LogP contribution in [-0.2, 0) is 23.8 Å². The highest BCUT2D eigenvalue weighted by molar-refractivity contribution is 5.76. The van der Waals surface area contributed by atoms with Crippen LogP contribution in [0.4, 0.5) is 0 Å². The summed E-state index contributed by atoms with van der Waals surface area (Å²) in [5, 5.41) is 54.1. The molecule has 7 atom stereocenters. The molecular formula is C56H95NO10. The number of unbranched alkanes of at least 4 members (excludes halogenated alkanes) is 17. The van der Waals surface area contributed by atoms with Crippen molar-refractivity contribution >= 4 is 11.9 Å². The maximum absolute atomic E-state index is 13.0. The molecule has 1 aliphatic rings. The zero-order chi connectivity index (χ0) is 48.8. The van der Waals surface area contributed by atoms with E-state index in [2.05, 4.69) is 79.9 Å². The van der Waals surface area contributed by atoms with Crippen molar-refractivity contribution in [3.8, 4) is 0 Å². The van der Waals surface area contributed by atoms with Gasteiger partial charge in [-0.15, -0.1) is 0 Å². The Labute approximate surface area is 406 Å². The zero-order valence-electron chi connectivity index (χ0n) is 41.8. The maximum atomic E-state index is 13.0. The van der Waals surface area contributed by atoms with Crippen LogP contribution in [0.3, 0.4) is 0 Å². The Morgan fingerprint density at radius 3 is 1.66 bits per heavy atom. The molecule has 384 valence electrons. The first-order chi connectivity index (χ1) is 32.7. The number of amides is 1. The molecule has 11 heteroatoms. The molecule has 0 bridgehead atoms. The summed E-state index contributed by atoms with van der Waals surface area (Å²) in [5.74, 6) is -0.340. The van der Waals surface area contributed by atoms with Crippen molar-refractivity contribution in [3.63, 3.8) is 0 Å². The minimum Gasteiger partial charge on any atom is -0.466 e. The lowest BCUT2D eigenvalue weighted by Crippen LogP contribution is -2.60. The Bertz CT molecular complexity index is 1390. The van der Waals surface area contributed by atoms with Gasteiger partial charge in [-0.3, -0.25) is 9.59 Å². The van der Waals surface area contributed by atoms with Gasteiger partial charge < -0.3 is 45.1 Å². The Hall–Kier alpha value is -3.16. The Kier molecular flexibility index (Phi) is 41.8. The van der Waals surface area contributed by atoms with E-state index in [-0.39, 0.29) is 24.9 Å². The Morgan fingerprint density at radius 1 is 0.552 bits per heavy atom. The van der Waals surface area contributed by atoms with Gasteiger partial charge in [-0.05, 0) is 103 Å². The number of allylic oxidation sites excluding steroid dienone is 13. The normalized spacial score (nSPS) is 20.3. The van der Waals surface area contributed by atoms with Crippen LogP contribution in [0.2, 0.25) is 0 Å². The molecule has 0 aromatic rings. The number of aliphatic hydroxyl groups excluding tert-OH is 5. The van der Waals surface area contributed by atoms with Crippen molar-refractivity contribution in [2.75, 3.05) is 19.8 Å². The molecule has 1 amide bonds. The lowest BCUT2D eigenvalue weighted by Gasteiger charge is -2.40. The fourth-order valence-corrected chi connectivity index (χ4v) is 7.43. The van der Waals surface area contributed by atoms with E-state index in [1.807, 2.05) is 18.2 Å². The second-order valence-electron chi connectivity index (χ2n) is 17.8. The average molecular weight is 942 g/mol. The third-order valence-electron chi connectivity index (χ3n) is 11.7. The molecule has 7 unspecified atom stereocenters. The minimum absolute atomic E-state index is 0.0582. The molecule has 67 heavy (non-hydrogen) atoms. The summed E-state index contributed by atoms with van der Waals surface area (Å²) in [7, 11) is 0. The summed E-state index contributed by atoms with van der Waals surface area (Å²) in [6.07, 6.45) is 49.6. The molecule has 0 saturated carbocycles. The van der Waals surface area contributed by atoms with Gasteiger partial charge in [0.05, 0.1) is 32.0 Å². The lowest BCUT2D eigenvalue weighted by molar-refractivity contribution is -0.302. The second-order valence-corrected chi connectivity index (χ2v) is 17.8.